The fourth-order valence-electron chi connectivity index (χ4n) is 2.41. The molecular weight excluding hydrogens is 370 g/mol. The number of alkyl halides is 1. The van der Waals surface area contributed by atoms with Crippen molar-refractivity contribution in [2.45, 2.75) is 26.4 Å². The summed E-state index contributed by atoms with van der Waals surface area (Å²) in [5.74, 6) is 0.0740. The molecule has 0 bridgehead atoms. The molecule has 0 aliphatic carbocycles. The Labute approximate surface area is 153 Å². The van der Waals surface area contributed by atoms with Crippen molar-refractivity contribution in [2.24, 2.45) is 5.92 Å². The van der Waals surface area contributed by atoms with E-state index in [1.54, 1.807) is 32.0 Å². The normalized spacial score (nSPS) is 13.0. The fraction of sp³-hybridized carbons (Fsp3) is 0.562. The molecule has 25 heavy (non-hydrogen) atoms. The Kier molecular flexibility index (Phi) is 7.98. The van der Waals surface area contributed by atoms with E-state index in [2.05, 4.69) is 0 Å². The van der Waals surface area contributed by atoms with Crippen LogP contribution in [0.3, 0.4) is 0 Å². The first-order valence-corrected chi connectivity index (χ1v) is 9.69. The molecule has 1 rings (SSSR count). The molecule has 0 saturated carbocycles. The molecule has 1 unspecified atom stereocenters. The van der Waals surface area contributed by atoms with Crippen molar-refractivity contribution >= 4 is 27.6 Å². The zero-order valence-electron chi connectivity index (χ0n) is 15.0. The summed E-state index contributed by atoms with van der Waals surface area (Å²) < 4.78 is 41.3. The number of hydrogen-bond donors (Lipinski definition) is 0. The number of ether oxygens (including phenoxy) is 3. The second-order valence-electron chi connectivity index (χ2n) is 5.70. The van der Waals surface area contributed by atoms with Crippen LogP contribution in [0.4, 0.5) is 0 Å². The second-order valence-corrected chi connectivity index (χ2v) is 8.20. The lowest BCUT2D eigenvalue weighted by Gasteiger charge is -2.31. The third-order valence-electron chi connectivity index (χ3n) is 3.63. The molecule has 0 aliphatic rings. The largest absolute Gasteiger partial charge is 0.497 e. The lowest BCUT2D eigenvalue weighted by Crippen LogP contribution is -2.48. The van der Waals surface area contributed by atoms with Gasteiger partial charge in [0, 0.05) is 12.6 Å². The Morgan fingerprint density at radius 2 is 1.64 bits per heavy atom. The minimum Gasteiger partial charge on any atom is -0.497 e. The number of nitrogens with zero attached hydrogens (tertiary/aromatic N) is 1. The van der Waals surface area contributed by atoms with Crippen LogP contribution in [0.1, 0.15) is 19.4 Å². The number of carbonyl (C=O) groups is 1. The Hall–Kier alpha value is -1.51. The van der Waals surface area contributed by atoms with Crippen LogP contribution in [0.15, 0.2) is 18.2 Å². The number of sulfonamides is 1. The van der Waals surface area contributed by atoms with Gasteiger partial charge in [0.15, 0.2) is 0 Å². The molecule has 1 aromatic rings. The molecular formula is C16H24ClNO6S. The third-order valence-corrected chi connectivity index (χ3v) is 5.80. The van der Waals surface area contributed by atoms with Gasteiger partial charge in [-0.1, -0.05) is 13.8 Å². The SMILES string of the molecule is COC(=O)C(C(C)C)N(Cc1cc(OC)cc(OC)c1)S(=O)(=O)CCl. The van der Waals surface area contributed by atoms with Crippen molar-refractivity contribution in [3.63, 3.8) is 0 Å². The van der Waals surface area contributed by atoms with E-state index >= 15 is 0 Å². The highest BCUT2D eigenvalue weighted by atomic mass is 35.5. The van der Waals surface area contributed by atoms with Gasteiger partial charge in [-0.3, -0.25) is 4.79 Å². The fourth-order valence-corrected chi connectivity index (χ4v) is 3.94. The molecule has 0 amide bonds. The molecule has 0 aliphatic heterocycles. The number of hydrogen-bond acceptors (Lipinski definition) is 6. The molecule has 7 nitrogen and oxygen atoms in total. The van der Waals surface area contributed by atoms with E-state index in [0.717, 1.165) is 4.31 Å². The highest BCUT2D eigenvalue weighted by Gasteiger charge is 2.37. The van der Waals surface area contributed by atoms with Gasteiger partial charge in [-0.2, -0.15) is 4.31 Å². The lowest BCUT2D eigenvalue weighted by molar-refractivity contribution is -0.146. The highest BCUT2D eigenvalue weighted by Crippen LogP contribution is 2.27. The van der Waals surface area contributed by atoms with E-state index in [1.165, 1.54) is 21.3 Å². The van der Waals surface area contributed by atoms with Crippen molar-refractivity contribution in [3.8, 4) is 11.5 Å². The number of benzene rings is 1. The van der Waals surface area contributed by atoms with Gasteiger partial charge in [0.2, 0.25) is 10.0 Å². The first-order chi connectivity index (χ1) is 11.7. The van der Waals surface area contributed by atoms with E-state index in [-0.39, 0.29) is 12.5 Å². The predicted octanol–water partition coefficient (Wildman–Crippen LogP) is 2.23. The first kappa shape index (κ1) is 21.5. The topological polar surface area (TPSA) is 82.1 Å². The molecule has 0 radical (unpaired) electrons. The Bertz CT molecular complexity index is 670. The van der Waals surface area contributed by atoms with Crippen LogP contribution in [-0.4, -0.2) is 51.3 Å². The Balaban J connectivity index is 3.38. The maximum atomic E-state index is 12.5. The van der Waals surface area contributed by atoms with E-state index < -0.39 is 27.2 Å². The predicted molar refractivity (Wildman–Crippen MR) is 95.4 cm³/mol. The molecule has 9 heteroatoms. The van der Waals surface area contributed by atoms with Crippen molar-refractivity contribution in [2.75, 3.05) is 26.5 Å². The molecule has 0 saturated heterocycles. The highest BCUT2D eigenvalue weighted by molar-refractivity contribution is 7.90. The Morgan fingerprint density at radius 3 is 2.00 bits per heavy atom. The van der Waals surface area contributed by atoms with Crippen LogP contribution in [0, 0.1) is 5.92 Å². The average molecular weight is 394 g/mol. The number of rotatable bonds is 9. The summed E-state index contributed by atoms with van der Waals surface area (Å²) in [6, 6.07) is 4.03. The third kappa shape index (κ3) is 5.49. The maximum Gasteiger partial charge on any atom is 0.324 e. The van der Waals surface area contributed by atoms with E-state index in [0.29, 0.717) is 17.1 Å². The molecule has 0 spiro atoms. The molecule has 0 heterocycles. The van der Waals surface area contributed by atoms with Gasteiger partial charge in [0.05, 0.1) is 21.3 Å². The Morgan fingerprint density at radius 1 is 1.12 bits per heavy atom. The molecule has 142 valence electrons. The van der Waals surface area contributed by atoms with Gasteiger partial charge in [0.25, 0.3) is 0 Å². The zero-order valence-corrected chi connectivity index (χ0v) is 16.6. The van der Waals surface area contributed by atoms with Gasteiger partial charge in [-0.25, -0.2) is 8.42 Å². The summed E-state index contributed by atoms with van der Waals surface area (Å²) in [6.07, 6.45) is 0. The quantitative estimate of drug-likeness (QED) is 0.472. The summed E-state index contributed by atoms with van der Waals surface area (Å²) in [4.78, 5) is 12.2. The van der Waals surface area contributed by atoms with Crippen LogP contribution >= 0.6 is 11.6 Å². The summed E-state index contributed by atoms with van der Waals surface area (Å²) in [5, 5.41) is -0.645. The summed E-state index contributed by atoms with van der Waals surface area (Å²) in [7, 11) is 0.334. The molecule has 1 atom stereocenters. The second kappa shape index (κ2) is 9.26. The van der Waals surface area contributed by atoms with E-state index in [1.807, 2.05) is 0 Å². The monoisotopic (exact) mass is 393 g/mol. The summed E-state index contributed by atoms with van der Waals surface area (Å²) >= 11 is 5.64. The summed E-state index contributed by atoms with van der Waals surface area (Å²) in [5.41, 5.74) is 0.597. The molecule has 0 aromatic heterocycles. The molecule has 1 aromatic carbocycles. The van der Waals surface area contributed by atoms with Crippen LogP contribution in [0.25, 0.3) is 0 Å². The van der Waals surface area contributed by atoms with Gasteiger partial charge in [-0.15, -0.1) is 11.6 Å². The minimum absolute atomic E-state index is 0.0689. The van der Waals surface area contributed by atoms with Crippen molar-refractivity contribution in [3.05, 3.63) is 23.8 Å². The first-order valence-electron chi connectivity index (χ1n) is 7.55. The van der Waals surface area contributed by atoms with E-state index in [4.69, 9.17) is 25.8 Å². The number of methoxy groups -OCH3 is 3. The summed E-state index contributed by atoms with van der Waals surface area (Å²) in [6.45, 7) is 3.41. The van der Waals surface area contributed by atoms with Crippen molar-refractivity contribution in [1.29, 1.82) is 0 Å². The number of halogens is 1. The van der Waals surface area contributed by atoms with Gasteiger partial charge in [-0.05, 0) is 23.6 Å². The van der Waals surface area contributed by atoms with Crippen LogP contribution in [0.5, 0.6) is 11.5 Å². The van der Waals surface area contributed by atoms with Crippen LogP contribution < -0.4 is 9.47 Å². The number of carbonyl (C=O) groups excluding carboxylic acids is 1. The van der Waals surface area contributed by atoms with Crippen molar-refractivity contribution < 1.29 is 27.4 Å². The standard InChI is InChI=1S/C16H24ClNO6S/c1-11(2)15(16(19)24-5)18(25(20,21)10-17)9-12-6-13(22-3)8-14(7-12)23-4/h6-8,11,15H,9-10H2,1-5H3. The van der Waals surface area contributed by atoms with Gasteiger partial charge in [0.1, 0.15) is 22.8 Å². The number of esters is 1. The van der Waals surface area contributed by atoms with Gasteiger partial charge >= 0.3 is 5.97 Å². The molecule has 0 N–H and O–H groups in total. The van der Waals surface area contributed by atoms with Gasteiger partial charge < -0.3 is 14.2 Å². The van der Waals surface area contributed by atoms with Crippen LogP contribution in [-0.2, 0) is 26.1 Å². The average Bonchev–Trinajstić information content (AvgIpc) is 2.59. The maximum absolute atomic E-state index is 12.5. The minimum atomic E-state index is -3.88. The molecule has 0 fully saturated rings. The van der Waals surface area contributed by atoms with Crippen molar-refractivity contribution in [1.82, 2.24) is 4.31 Å². The van der Waals surface area contributed by atoms with Crippen LogP contribution in [0.2, 0.25) is 0 Å². The smallest absolute Gasteiger partial charge is 0.324 e. The lowest BCUT2D eigenvalue weighted by atomic mass is 10.0. The zero-order chi connectivity index (χ0) is 19.2. The van der Waals surface area contributed by atoms with E-state index in [9.17, 15) is 13.2 Å².